The van der Waals surface area contributed by atoms with Gasteiger partial charge in [-0.25, -0.2) is 8.42 Å². The molecule has 0 saturated carbocycles. The minimum absolute atomic E-state index is 0.0682. The van der Waals surface area contributed by atoms with Gasteiger partial charge in [0.05, 0.1) is 12.3 Å². The molecule has 158 valence electrons. The normalized spacial score (nSPS) is 21.2. The number of nitrogens with two attached hydrogens (primary N) is 1. The van der Waals surface area contributed by atoms with Crippen LogP contribution in [0.2, 0.25) is 0 Å². The summed E-state index contributed by atoms with van der Waals surface area (Å²) >= 11 is 0. The number of pyridine rings is 1. The number of hydrogen-bond donors (Lipinski definition) is 1. The molecule has 2 N–H and O–H groups in total. The fourth-order valence-corrected chi connectivity index (χ4v) is 4.92. The minimum atomic E-state index is -3.66. The van der Waals surface area contributed by atoms with Crippen LogP contribution >= 0.6 is 0 Å². The van der Waals surface area contributed by atoms with Gasteiger partial charge in [0.2, 0.25) is 21.8 Å². The Morgan fingerprint density at radius 3 is 2.66 bits per heavy atom. The van der Waals surface area contributed by atoms with Crippen LogP contribution in [0.1, 0.15) is 42.6 Å². The molecule has 3 rings (SSSR count). The maximum Gasteiger partial charge on any atom is 0.267 e. The lowest BCUT2D eigenvalue weighted by molar-refractivity contribution is -0.147. The van der Waals surface area contributed by atoms with Crippen LogP contribution in [0.25, 0.3) is 0 Å². The molecule has 2 aliphatic rings. The van der Waals surface area contributed by atoms with Crippen molar-refractivity contribution in [3.8, 4) is 5.75 Å². The van der Waals surface area contributed by atoms with E-state index in [-0.39, 0.29) is 55.3 Å². The smallest absolute Gasteiger partial charge is 0.267 e. The van der Waals surface area contributed by atoms with E-state index in [4.69, 9.17) is 10.5 Å². The first-order valence-corrected chi connectivity index (χ1v) is 11.1. The van der Waals surface area contributed by atoms with Crippen molar-refractivity contribution in [2.24, 2.45) is 5.73 Å². The Balaban J connectivity index is 1.60. The molecule has 0 bridgehead atoms. The number of aromatic nitrogens is 1. The topological polar surface area (TPSA) is 140 Å². The largest absolute Gasteiger partial charge is 0.489 e. The van der Waals surface area contributed by atoms with E-state index in [9.17, 15) is 22.8 Å². The van der Waals surface area contributed by atoms with Gasteiger partial charge in [-0.1, -0.05) is 0 Å². The lowest BCUT2D eigenvalue weighted by Gasteiger charge is -2.33. The predicted molar refractivity (Wildman–Crippen MR) is 102 cm³/mol. The molecule has 1 aromatic heterocycles. The molecule has 11 heteroatoms. The summed E-state index contributed by atoms with van der Waals surface area (Å²) in [4.78, 5) is 39.9. The molecule has 1 aromatic rings. The van der Waals surface area contributed by atoms with E-state index in [2.05, 4.69) is 4.98 Å². The Morgan fingerprint density at radius 1 is 1.24 bits per heavy atom. The zero-order valence-corrected chi connectivity index (χ0v) is 16.8. The molecule has 2 saturated heterocycles. The molecule has 1 atom stereocenters. The molecule has 1 unspecified atom stereocenters. The summed E-state index contributed by atoms with van der Waals surface area (Å²) in [5, 5.41) is 0. The summed E-state index contributed by atoms with van der Waals surface area (Å²) in [7, 11) is -3.66. The Hall–Kier alpha value is -2.53. The molecule has 2 fully saturated rings. The van der Waals surface area contributed by atoms with Crippen molar-refractivity contribution in [1.29, 1.82) is 0 Å². The number of nitrogens with zero attached hydrogens (tertiary/aromatic N) is 3. The summed E-state index contributed by atoms with van der Waals surface area (Å²) in [5.74, 6) is -1.23. The second-order valence-electron chi connectivity index (χ2n) is 7.09. The van der Waals surface area contributed by atoms with Crippen molar-refractivity contribution >= 4 is 27.7 Å². The number of rotatable bonds is 7. The van der Waals surface area contributed by atoms with Crippen molar-refractivity contribution in [2.45, 2.75) is 38.2 Å². The molecule has 29 heavy (non-hydrogen) atoms. The van der Waals surface area contributed by atoms with Crippen LogP contribution in [0.5, 0.6) is 5.75 Å². The highest BCUT2D eigenvalue weighted by Crippen LogP contribution is 2.21. The summed E-state index contributed by atoms with van der Waals surface area (Å²) < 4.78 is 32.6. The predicted octanol–water partition coefficient (Wildman–Crippen LogP) is -0.107. The quantitative estimate of drug-likeness (QED) is 0.602. The number of sulfonamides is 1. The first kappa shape index (κ1) is 21.2. The Morgan fingerprint density at radius 2 is 1.97 bits per heavy atom. The van der Waals surface area contributed by atoms with Gasteiger partial charge in [0.15, 0.2) is 0 Å². The van der Waals surface area contributed by atoms with E-state index in [0.717, 1.165) is 4.90 Å². The zero-order chi connectivity index (χ0) is 21.0. The van der Waals surface area contributed by atoms with E-state index >= 15 is 0 Å². The highest BCUT2D eigenvalue weighted by molar-refractivity contribution is 7.89. The highest BCUT2D eigenvalue weighted by Gasteiger charge is 2.32. The lowest BCUT2D eigenvalue weighted by Crippen LogP contribution is -2.48. The average molecular weight is 424 g/mol. The Bertz CT molecular complexity index is 887. The van der Waals surface area contributed by atoms with Gasteiger partial charge in [-0.3, -0.25) is 24.3 Å². The summed E-state index contributed by atoms with van der Waals surface area (Å²) in [6.07, 6.45) is 3.33. The van der Waals surface area contributed by atoms with Gasteiger partial charge in [0.1, 0.15) is 17.5 Å². The zero-order valence-electron chi connectivity index (χ0n) is 16.0. The number of hydrogen-bond acceptors (Lipinski definition) is 7. The molecular formula is C18H24N4O6S. The van der Waals surface area contributed by atoms with Crippen molar-refractivity contribution < 1.29 is 27.5 Å². The van der Waals surface area contributed by atoms with Gasteiger partial charge in [-0.05, 0) is 25.3 Å². The third-order valence-electron chi connectivity index (χ3n) is 4.98. The molecule has 3 amide bonds. The van der Waals surface area contributed by atoms with Crippen LogP contribution in [0, 0.1) is 0 Å². The average Bonchev–Trinajstić information content (AvgIpc) is 2.68. The first-order chi connectivity index (χ1) is 13.8. The highest BCUT2D eigenvalue weighted by atomic mass is 32.2. The number of likely N-dealkylation sites (tertiary alicyclic amines) is 1. The molecule has 0 radical (unpaired) electrons. The molecular weight excluding hydrogens is 400 g/mol. The number of carbonyl (C=O) groups is 3. The number of imide groups is 1. The third kappa shape index (κ3) is 5.30. The van der Waals surface area contributed by atoms with Crippen LogP contribution in [-0.2, 0) is 19.6 Å². The molecule has 2 aliphatic heterocycles. The van der Waals surface area contributed by atoms with Crippen LogP contribution in [0.15, 0.2) is 18.3 Å². The first-order valence-electron chi connectivity index (χ1n) is 9.50. The van der Waals surface area contributed by atoms with E-state index in [1.165, 1.54) is 16.6 Å². The van der Waals surface area contributed by atoms with Crippen LogP contribution < -0.4 is 10.5 Å². The number of primary amides is 1. The van der Waals surface area contributed by atoms with E-state index < -0.39 is 15.9 Å². The fourth-order valence-electron chi connectivity index (χ4n) is 3.45. The van der Waals surface area contributed by atoms with Gasteiger partial charge < -0.3 is 10.5 Å². The summed E-state index contributed by atoms with van der Waals surface area (Å²) in [6.45, 7) is 0.375. The molecule has 0 spiro atoms. The maximum absolute atomic E-state index is 12.7. The van der Waals surface area contributed by atoms with Crippen LogP contribution in [0.3, 0.4) is 0 Å². The summed E-state index contributed by atoms with van der Waals surface area (Å²) in [5.41, 5.74) is 5.28. The van der Waals surface area contributed by atoms with E-state index in [1.54, 1.807) is 6.07 Å². The van der Waals surface area contributed by atoms with E-state index in [1.807, 2.05) is 0 Å². The van der Waals surface area contributed by atoms with Gasteiger partial charge in [-0.15, -0.1) is 0 Å². The molecule has 0 aromatic carbocycles. The molecule has 3 heterocycles. The van der Waals surface area contributed by atoms with Crippen molar-refractivity contribution in [3.05, 3.63) is 24.0 Å². The van der Waals surface area contributed by atoms with E-state index in [0.29, 0.717) is 31.6 Å². The second kappa shape index (κ2) is 8.87. The van der Waals surface area contributed by atoms with Crippen molar-refractivity contribution in [1.82, 2.24) is 14.2 Å². The Kier molecular flexibility index (Phi) is 6.48. The van der Waals surface area contributed by atoms with Crippen LogP contribution in [0.4, 0.5) is 0 Å². The van der Waals surface area contributed by atoms with Crippen molar-refractivity contribution in [2.75, 3.05) is 25.4 Å². The third-order valence-corrected chi connectivity index (χ3v) is 6.79. The minimum Gasteiger partial charge on any atom is -0.489 e. The molecule has 10 nitrogen and oxygen atoms in total. The molecule has 0 aliphatic carbocycles. The van der Waals surface area contributed by atoms with Gasteiger partial charge in [-0.2, -0.15) is 4.31 Å². The fraction of sp³-hybridized carbons (Fsp3) is 0.556. The van der Waals surface area contributed by atoms with Gasteiger partial charge in [0, 0.05) is 38.2 Å². The number of ether oxygens (including phenoxy) is 1. The van der Waals surface area contributed by atoms with Crippen molar-refractivity contribution in [3.63, 3.8) is 0 Å². The van der Waals surface area contributed by atoms with Gasteiger partial charge >= 0.3 is 0 Å². The van der Waals surface area contributed by atoms with Gasteiger partial charge in [0.25, 0.3) is 5.91 Å². The maximum atomic E-state index is 12.7. The van der Waals surface area contributed by atoms with Crippen LogP contribution in [-0.4, -0.2) is 71.8 Å². The second-order valence-corrected chi connectivity index (χ2v) is 9.18. The summed E-state index contributed by atoms with van der Waals surface area (Å²) in [6, 6.07) is 3.00. The standard InChI is InChI=1S/C18H24N4O6S/c19-18(25)15-11-13(6-7-20-15)28-14-3-2-8-21(12-14)29(26,27)10-9-22-16(23)4-1-5-17(22)24/h6-7,11,14H,1-5,8-10,12H2,(H2,19,25). The number of piperidine rings is 2. The number of amides is 3. The lowest BCUT2D eigenvalue weighted by atomic mass is 10.1. The Labute approximate surface area is 169 Å². The monoisotopic (exact) mass is 424 g/mol. The SMILES string of the molecule is NC(=O)c1cc(OC2CCCN(S(=O)(=O)CCN3C(=O)CCCC3=O)C2)ccn1. The number of carbonyl (C=O) groups excluding carboxylic acids is 3.